The molecule has 2 heterocycles. The summed E-state index contributed by atoms with van der Waals surface area (Å²) in [5.74, 6) is 0.472. The average molecular weight is 547 g/mol. The summed E-state index contributed by atoms with van der Waals surface area (Å²) < 4.78 is 17.7. The van der Waals surface area contributed by atoms with Crippen molar-refractivity contribution < 1.29 is 23.8 Å². The van der Waals surface area contributed by atoms with E-state index in [0.717, 1.165) is 30.6 Å². The van der Waals surface area contributed by atoms with E-state index < -0.39 is 0 Å². The highest BCUT2D eigenvalue weighted by atomic mass is 35.5. The molecule has 1 N–H and O–H groups in total. The molecule has 2 fully saturated rings. The van der Waals surface area contributed by atoms with Crippen LogP contribution in [0.15, 0.2) is 41.3 Å². The van der Waals surface area contributed by atoms with Gasteiger partial charge in [0.25, 0.3) is 11.8 Å². The summed E-state index contributed by atoms with van der Waals surface area (Å²) >= 11 is 12.8. The lowest BCUT2D eigenvalue weighted by molar-refractivity contribution is -0.123. The van der Waals surface area contributed by atoms with Crippen molar-refractivity contribution in [1.29, 1.82) is 0 Å². The number of rotatable bonds is 9. The highest BCUT2D eigenvalue weighted by Gasteiger charge is 2.34. The van der Waals surface area contributed by atoms with Gasteiger partial charge in [0.1, 0.15) is 4.32 Å². The number of halogens is 1. The van der Waals surface area contributed by atoms with E-state index in [9.17, 15) is 9.59 Å². The molecule has 0 aromatic heterocycles. The first kappa shape index (κ1) is 26.5. The zero-order valence-corrected chi connectivity index (χ0v) is 22.4. The molecule has 0 spiro atoms. The lowest BCUT2D eigenvalue weighted by Gasteiger charge is -2.18. The van der Waals surface area contributed by atoms with Crippen LogP contribution in [-0.4, -0.2) is 53.5 Å². The maximum absolute atomic E-state index is 12.9. The van der Waals surface area contributed by atoms with Crippen LogP contribution in [0.4, 0.5) is 5.69 Å². The SMILES string of the molecule is CCOc1cc(/C=C2\SC(=S)N(C[C@@H]3CCCO3)C2=O)ccc1OCC(=O)Nc1cccc(Cl)c1C. The number of carbonyl (C=O) groups is 2. The van der Waals surface area contributed by atoms with Crippen LogP contribution in [0.1, 0.15) is 30.9 Å². The molecule has 2 saturated heterocycles. The van der Waals surface area contributed by atoms with Gasteiger partial charge >= 0.3 is 0 Å². The number of nitrogens with one attached hydrogen (secondary N) is 1. The Bertz CT molecular complexity index is 1200. The molecular weight excluding hydrogens is 520 g/mol. The fourth-order valence-electron chi connectivity index (χ4n) is 3.88. The van der Waals surface area contributed by atoms with Crippen LogP contribution in [0, 0.1) is 6.92 Å². The quantitative estimate of drug-likeness (QED) is 0.331. The van der Waals surface area contributed by atoms with E-state index in [-0.39, 0.29) is 24.5 Å². The zero-order chi connectivity index (χ0) is 25.7. The minimum absolute atomic E-state index is 0.0350. The number of benzene rings is 2. The molecule has 1 atom stereocenters. The number of carbonyl (C=O) groups excluding carboxylic acids is 2. The molecule has 0 saturated carbocycles. The third kappa shape index (κ3) is 6.39. The largest absolute Gasteiger partial charge is 0.490 e. The second-order valence-electron chi connectivity index (χ2n) is 8.32. The van der Waals surface area contributed by atoms with Crippen LogP contribution >= 0.6 is 35.6 Å². The van der Waals surface area contributed by atoms with Gasteiger partial charge in [-0.2, -0.15) is 0 Å². The van der Waals surface area contributed by atoms with Crippen LogP contribution in [0.2, 0.25) is 5.02 Å². The van der Waals surface area contributed by atoms with Crippen molar-refractivity contribution in [2.24, 2.45) is 0 Å². The Hall–Kier alpha value is -2.59. The smallest absolute Gasteiger partial charge is 0.266 e. The van der Waals surface area contributed by atoms with Crippen LogP contribution in [0.3, 0.4) is 0 Å². The lowest BCUT2D eigenvalue weighted by atomic mass is 10.1. The first-order valence-electron chi connectivity index (χ1n) is 11.7. The summed E-state index contributed by atoms with van der Waals surface area (Å²) in [5, 5.41) is 3.38. The van der Waals surface area contributed by atoms with E-state index in [2.05, 4.69) is 5.32 Å². The third-order valence-corrected chi connectivity index (χ3v) is 7.54. The molecule has 2 aliphatic heterocycles. The fourth-order valence-corrected chi connectivity index (χ4v) is 5.32. The van der Waals surface area contributed by atoms with Crippen LogP contribution in [-0.2, 0) is 14.3 Å². The van der Waals surface area contributed by atoms with E-state index in [1.165, 1.54) is 11.8 Å². The van der Waals surface area contributed by atoms with Gasteiger partial charge < -0.3 is 19.5 Å². The minimum atomic E-state index is -0.318. The standard InChI is InChI=1S/C26H27ClN2O5S2/c1-3-32-22-12-17(13-23-25(31)29(26(35)36-23)14-18-6-5-11-33-18)9-10-21(22)34-15-24(30)28-20-8-4-7-19(27)16(20)2/h4,7-10,12-13,18H,3,5-6,11,14-15H2,1-2H3,(H,28,30)/b23-13-/t18-/m0/s1. The lowest BCUT2D eigenvalue weighted by Crippen LogP contribution is -2.35. The molecule has 190 valence electrons. The Labute approximate surface area is 225 Å². The monoisotopic (exact) mass is 546 g/mol. The zero-order valence-electron chi connectivity index (χ0n) is 20.0. The summed E-state index contributed by atoms with van der Waals surface area (Å²) in [5.41, 5.74) is 2.18. The number of hydrogen-bond donors (Lipinski definition) is 1. The van der Waals surface area contributed by atoms with Gasteiger partial charge in [0.2, 0.25) is 0 Å². The van der Waals surface area contributed by atoms with E-state index >= 15 is 0 Å². The van der Waals surface area contributed by atoms with Gasteiger partial charge in [-0.1, -0.05) is 47.7 Å². The molecule has 2 aliphatic rings. The van der Waals surface area contributed by atoms with Crippen molar-refractivity contribution >= 4 is 63.5 Å². The molecular formula is C26H27ClN2O5S2. The number of thiocarbonyl (C=S) groups is 1. The maximum atomic E-state index is 12.9. The summed E-state index contributed by atoms with van der Waals surface area (Å²) in [6.45, 7) is 5.12. The number of hydrogen-bond acceptors (Lipinski definition) is 7. The molecule has 2 aromatic rings. The van der Waals surface area contributed by atoms with Crippen molar-refractivity contribution in [3.8, 4) is 11.5 Å². The molecule has 4 rings (SSSR count). The van der Waals surface area contributed by atoms with Gasteiger partial charge in [-0.3, -0.25) is 14.5 Å². The van der Waals surface area contributed by atoms with Crippen molar-refractivity contribution in [1.82, 2.24) is 4.90 Å². The molecule has 0 aliphatic carbocycles. The second-order valence-corrected chi connectivity index (χ2v) is 10.4. The molecule has 0 radical (unpaired) electrons. The molecule has 2 aromatic carbocycles. The molecule has 7 nitrogen and oxygen atoms in total. The van der Waals surface area contributed by atoms with Crippen LogP contribution in [0.5, 0.6) is 11.5 Å². The van der Waals surface area contributed by atoms with Crippen molar-refractivity contribution in [3.05, 3.63) is 57.5 Å². The minimum Gasteiger partial charge on any atom is -0.490 e. The predicted octanol–water partition coefficient (Wildman–Crippen LogP) is 5.44. The van der Waals surface area contributed by atoms with E-state index in [1.54, 1.807) is 41.3 Å². The number of anilines is 1. The molecule has 2 amide bonds. The Morgan fingerprint density at radius 2 is 2.14 bits per heavy atom. The van der Waals surface area contributed by atoms with E-state index in [1.807, 2.05) is 19.9 Å². The first-order chi connectivity index (χ1) is 17.4. The molecule has 36 heavy (non-hydrogen) atoms. The first-order valence-corrected chi connectivity index (χ1v) is 13.3. The maximum Gasteiger partial charge on any atom is 0.266 e. The van der Waals surface area contributed by atoms with Crippen molar-refractivity contribution in [2.75, 3.05) is 31.7 Å². The summed E-state index contributed by atoms with van der Waals surface area (Å²) in [6, 6.07) is 10.6. The number of thioether (sulfide) groups is 1. The predicted molar refractivity (Wildman–Crippen MR) is 147 cm³/mol. The van der Waals surface area contributed by atoms with Gasteiger partial charge in [-0.05, 0) is 68.2 Å². The van der Waals surface area contributed by atoms with Crippen molar-refractivity contribution in [3.63, 3.8) is 0 Å². The fraction of sp³-hybridized carbons (Fsp3) is 0.346. The van der Waals surface area contributed by atoms with Gasteiger partial charge in [0, 0.05) is 17.3 Å². The number of nitrogens with zero attached hydrogens (tertiary/aromatic N) is 1. The number of amides is 2. The summed E-state index contributed by atoms with van der Waals surface area (Å²) in [7, 11) is 0. The third-order valence-electron chi connectivity index (χ3n) is 5.75. The molecule has 0 bridgehead atoms. The summed E-state index contributed by atoms with van der Waals surface area (Å²) in [6.07, 6.45) is 3.76. The number of ether oxygens (including phenoxy) is 3. The Kier molecular flexibility index (Phi) is 8.90. The molecule has 0 unspecified atom stereocenters. The highest BCUT2D eigenvalue weighted by Crippen LogP contribution is 2.35. The Morgan fingerprint density at radius 3 is 2.89 bits per heavy atom. The molecule has 10 heteroatoms. The summed E-state index contributed by atoms with van der Waals surface area (Å²) in [4.78, 5) is 27.5. The van der Waals surface area contributed by atoms with E-state index in [4.69, 9.17) is 38.0 Å². The topological polar surface area (TPSA) is 77.1 Å². The Morgan fingerprint density at radius 1 is 1.31 bits per heavy atom. The van der Waals surface area contributed by atoms with Gasteiger partial charge in [-0.15, -0.1) is 0 Å². The highest BCUT2D eigenvalue weighted by molar-refractivity contribution is 8.26. The Balaban J connectivity index is 1.42. The van der Waals surface area contributed by atoms with Gasteiger partial charge in [0.05, 0.1) is 24.2 Å². The van der Waals surface area contributed by atoms with E-state index in [0.29, 0.717) is 44.6 Å². The average Bonchev–Trinajstić information content (AvgIpc) is 3.46. The van der Waals surface area contributed by atoms with Crippen molar-refractivity contribution in [2.45, 2.75) is 32.8 Å². The second kappa shape index (κ2) is 12.1. The van der Waals surface area contributed by atoms with Gasteiger partial charge in [-0.25, -0.2) is 0 Å². The van der Waals surface area contributed by atoms with Crippen LogP contribution in [0.25, 0.3) is 6.08 Å². The van der Waals surface area contributed by atoms with Gasteiger partial charge in [0.15, 0.2) is 18.1 Å². The normalized spacial score (nSPS) is 18.7. The van der Waals surface area contributed by atoms with Crippen LogP contribution < -0.4 is 14.8 Å².